The monoisotopic (exact) mass is 273 g/mol. The van der Waals surface area contributed by atoms with Crippen LogP contribution in [0.15, 0.2) is 0 Å². The second-order valence-corrected chi connectivity index (χ2v) is 3.98. The van der Waals surface area contributed by atoms with Gasteiger partial charge in [0.1, 0.15) is 0 Å². The van der Waals surface area contributed by atoms with E-state index in [0.717, 1.165) is 0 Å². The quantitative estimate of drug-likeness (QED) is 0.716. The molecule has 0 aromatic rings. The molecule has 0 aliphatic carbocycles. The van der Waals surface area contributed by atoms with Crippen LogP contribution in [0.4, 0.5) is 0 Å². The first-order chi connectivity index (χ1) is 5.95. The van der Waals surface area contributed by atoms with Crippen LogP contribution in [0, 0.1) is 0 Å². The van der Waals surface area contributed by atoms with Crippen LogP contribution < -0.4 is 0 Å². The van der Waals surface area contributed by atoms with Gasteiger partial charge in [0.05, 0.1) is 0 Å². The van der Waals surface area contributed by atoms with Crippen LogP contribution in [0.5, 0.6) is 0 Å². The van der Waals surface area contributed by atoms with E-state index in [9.17, 15) is 0 Å². The Balaban J connectivity index is -0.000000120. The number of halogens is 2. The molecule has 0 radical (unpaired) electrons. The number of hydrogen-bond acceptors (Lipinski definition) is 0. The van der Waals surface area contributed by atoms with Gasteiger partial charge in [-0.05, 0) is 0 Å². The Morgan fingerprint density at radius 1 is 1.00 bits per heavy atom. The molecule has 0 bridgehead atoms. The topological polar surface area (TPSA) is 95.2 Å². The number of nitrogens with one attached hydrogen (secondary N) is 4. The van der Waals surface area contributed by atoms with Crippen molar-refractivity contribution in [3.8, 4) is 0 Å². The molecule has 0 heterocycles. The summed E-state index contributed by atoms with van der Waals surface area (Å²) < 4.78 is 0. The van der Waals surface area contributed by atoms with Crippen molar-refractivity contribution in [1.82, 2.24) is 0 Å². The molecule has 0 aromatic heterocycles. The first-order valence-corrected chi connectivity index (χ1v) is 6.37. The number of hydrogen-bond donors (Lipinski definition) is 0. The summed E-state index contributed by atoms with van der Waals surface area (Å²) in [6.45, 7) is 3.85. The number of rotatable bonds is 2. The van der Waals surface area contributed by atoms with E-state index in [0.29, 0.717) is 12.9 Å². The minimum atomic E-state index is -0.199. The van der Waals surface area contributed by atoms with E-state index in [-0.39, 0.29) is 25.2 Å². The van der Waals surface area contributed by atoms with Gasteiger partial charge in [0.15, 0.2) is 0 Å². The third-order valence-corrected chi connectivity index (χ3v) is 0.612. The van der Waals surface area contributed by atoms with Gasteiger partial charge >= 0.3 is 33.2 Å². The first kappa shape index (κ1) is 19.5. The van der Waals surface area contributed by atoms with E-state index in [1.165, 1.54) is 0 Å². The minimum absolute atomic E-state index is 0.199. The standard InChI is InChI=1S/2C3H8N2.2ClH.Co/c2*1-3(5)2-4;;;/h2*3-5H,2H2,1H3;2*1H;/q2*-2;;;+2/p-2. The molecule has 7 heteroatoms. The summed E-state index contributed by atoms with van der Waals surface area (Å²) >= 11 is 0.382. The average Bonchev–Trinajstić information content (AvgIpc) is 2.07. The van der Waals surface area contributed by atoms with Gasteiger partial charge in [-0.2, -0.15) is 25.2 Å². The van der Waals surface area contributed by atoms with Crippen molar-refractivity contribution >= 4 is 20.3 Å². The second kappa shape index (κ2) is 18.7. The van der Waals surface area contributed by atoms with Crippen molar-refractivity contribution in [2.45, 2.75) is 25.9 Å². The van der Waals surface area contributed by atoms with E-state index >= 15 is 0 Å². The summed E-state index contributed by atoms with van der Waals surface area (Å²) in [5.41, 5.74) is 26.2. The molecular weight excluding hydrogens is 258 g/mol. The Morgan fingerprint density at radius 2 is 1.08 bits per heavy atom. The van der Waals surface area contributed by atoms with E-state index in [4.69, 9.17) is 43.2 Å². The normalized spacial score (nSPS) is 13.2. The summed E-state index contributed by atoms with van der Waals surface area (Å²) in [5.74, 6) is 0. The van der Waals surface area contributed by atoms with Crippen molar-refractivity contribution < 1.29 is 12.9 Å². The van der Waals surface area contributed by atoms with Gasteiger partial charge in [0, 0.05) is 0 Å². The van der Waals surface area contributed by atoms with Gasteiger partial charge in [-0.15, -0.1) is 0 Å². The third-order valence-electron chi connectivity index (χ3n) is 0.612. The second-order valence-electron chi connectivity index (χ2n) is 2.26. The van der Waals surface area contributed by atoms with Gasteiger partial charge in [-0.3, -0.25) is 0 Å². The molecule has 0 amide bonds. The third kappa shape index (κ3) is 63.6. The van der Waals surface area contributed by atoms with Crippen molar-refractivity contribution in [3.05, 3.63) is 22.9 Å². The molecule has 4 nitrogen and oxygen atoms in total. The fourth-order valence-corrected chi connectivity index (χ4v) is 0. The van der Waals surface area contributed by atoms with E-state index in [1.807, 2.05) is 0 Å². The van der Waals surface area contributed by atoms with Crippen LogP contribution >= 0.6 is 20.3 Å². The maximum atomic E-state index is 6.64. The Kier molecular flexibility index (Phi) is 28.0. The van der Waals surface area contributed by atoms with Gasteiger partial charge in [0.2, 0.25) is 0 Å². The molecule has 2 unspecified atom stereocenters. The van der Waals surface area contributed by atoms with Crippen molar-refractivity contribution in [3.63, 3.8) is 0 Å². The van der Waals surface area contributed by atoms with Gasteiger partial charge in [-0.25, -0.2) is 0 Å². The molecule has 2 atom stereocenters. The maximum absolute atomic E-state index is 6.64. The molecule has 87 valence electrons. The van der Waals surface area contributed by atoms with Crippen molar-refractivity contribution in [1.29, 1.82) is 0 Å². The summed E-state index contributed by atoms with van der Waals surface area (Å²) in [6, 6.07) is -0.398. The molecular formula is C6H16Cl2CoN4-4. The zero-order valence-electron chi connectivity index (χ0n) is 7.66. The molecule has 13 heavy (non-hydrogen) atoms. The summed E-state index contributed by atoms with van der Waals surface area (Å²) in [4.78, 5) is 0. The van der Waals surface area contributed by atoms with Crippen LogP contribution in [-0.2, 0) is 12.9 Å². The summed E-state index contributed by atoms with van der Waals surface area (Å²) in [7, 11) is 9.47. The average molecular weight is 274 g/mol. The molecule has 0 spiro atoms. The Bertz CT molecular complexity index is 67.7. The molecule has 0 rings (SSSR count). The Hall–Kier alpha value is 0.926. The van der Waals surface area contributed by atoms with Crippen molar-refractivity contribution in [2.24, 2.45) is 0 Å². The van der Waals surface area contributed by atoms with Crippen LogP contribution in [0.3, 0.4) is 0 Å². The molecule has 0 aromatic carbocycles. The van der Waals surface area contributed by atoms with Crippen LogP contribution in [-0.4, -0.2) is 25.2 Å². The fraction of sp³-hybridized carbons (Fsp3) is 1.00. The molecule has 0 aliphatic heterocycles. The Morgan fingerprint density at radius 3 is 1.08 bits per heavy atom. The van der Waals surface area contributed by atoms with Gasteiger partial charge in [0.25, 0.3) is 0 Å². The van der Waals surface area contributed by atoms with Crippen molar-refractivity contribution in [2.75, 3.05) is 13.1 Å². The molecule has 4 N–H and O–H groups in total. The van der Waals surface area contributed by atoms with Crippen LogP contribution in [0.2, 0.25) is 0 Å². The Labute approximate surface area is 95.1 Å². The van der Waals surface area contributed by atoms with Crippen LogP contribution in [0.25, 0.3) is 22.9 Å². The fourth-order valence-electron chi connectivity index (χ4n) is 0. The SMILES string of the molecule is CC([NH-])C[NH-].CC([NH-])C[NH-].[Cl][Co][Cl]. The molecule has 0 saturated carbocycles. The van der Waals surface area contributed by atoms with Gasteiger partial charge < -0.3 is 22.9 Å². The molecule has 0 fully saturated rings. The van der Waals surface area contributed by atoms with E-state index < -0.39 is 0 Å². The predicted molar refractivity (Wildman–Crippen MR) is 57.7 cm³/mol. The van der Waals surface area contributed by atoms with Crippen LogP contribution in [0.1, 0.15) is 13.8 Å². The summed E-state index contributed by atoms with van der Waals surface area (Å²) in [5, 5.41) is 0. The predicted octanol–water partition coefficient (Wildman–Crippen LogP) is 4.34. The first-order valence-electron chi connectivity index (χ1n) is 3.51. The van der Waals surface area contributed by atoms with E-state index in [2.05, 4.69) is 0 Å². The summed E-state index contributed by atoms with van der Waals surface area (Å²) in [6.07, 6.45) is 0. The molecule has 0 saturated heterocycles. The molecule has 0 aliphatic rings. The van der Waals surface area contributed by atoms with Gasteiger partial charge in [-0.1, -0.05) is 13.8 Å². The zero-order valence-corrected chi connectivity index (χ0v) is 10.2. The zero-order chi connectivity index (χ0) is 11.3. The van der Waals surface area contributed by atoms with E-state index in [1.54, 1.807) is 13.8 Å².